The topological polar surface area (TPSA) is 186 Å². The zero-order chi connectivity index (χ0) is 42.6. The summed E-state index contributed by atoms with van der Waals surface area (Å²) in [6.45, 7) is 1.56. The molecule has 12 atom stereocenters. The highest BCUT2D eigenvalue weighted by Gasteiger charge is 2.48. The smallest absolute Gasteiger partial charge is 0.124 e. The van der Waals surface area contributed by atoms with Crippen LogP contribution in [0.1, 0.15) is 58.4 Å². The minimum Gasteiger partial charge on any atom is -0.488 e. The lowest BCUT2D eigenvalue weighted by atomic mass is 9.89. The summed E-state index contributed by atoms with van der Waals surface area (Å²) in [5.74, 6) is 1.49. The monoisotopic (exact) mass is 882 g/mol. The van der Waals surface area contributed by atoms with Crippen LogP contribution >= 0.6 is 23.2 Å². The zero-order valence-electron chi connectivity index (χ0n) is 33.4. The van der Waals surface area contributed by atoms with E-state index < -0.39 is 67.6 Å². The second kappa shape index (κ2) is 20.0. The number of rotatable bonds is 14. The van der Waals surface area contributed by atoms with Crippen molar-refractivity contribution in [1.82, 2.24) is 0 Å². The Hall–Kier alpha value is -3.38. The molecule has 4 fully saturated rings. The van der Waals surface area contributed by atoms with Gasteiger partial charge in [-0.25, -0.2) is 0 Å². The molecule has 6 N–H and O–H groups in total. The molecule has 0 amide bonds. The summed E-state index contributed by atoms with van der Waals surface area (Å²) in [5, 5.41) is 66.8. The van der Waals surface area contributed by atoms with Crippen molar-refractivity contribution in [2.45, 2.75) is 98.9 Å². The summed E-state index contributed by atoms with van der Waals surface area (Å²) in [7, 11) is 0. The number of hydrogen-bond acceptors (Lipinski definition) is 13. The fourth-order valence-corrected chi connectivity index (χ4v) is 8.71. The minimum absolute atomic E-state index is 0.0285. The van der Waals surface area contributed by atoms with Gasteiger partial charge in [0.1, 0.15) is 84.7 Å². The summed E-state index contributed by atoms with van der Waals surface area (Å²) in [6, 6.07) is 25.9. The number of aliphatic hydroxyl groups excluding tert-OH is 6. The van der Waals surface area contributed by atoms with Crippen molar-refractivity contribution in [1.29, 1.82) is 0 Å². The van der Waals surface area contributed by atoms with Crippen molar-refractivity contribution in [2.24, 2.45) is 0 Å². The third-order valence-corrected chi connectivity index (χ3v) is 12.6. The third kappa shape index (κ3) is 10.4. The maximum atomic E-state index is 11.4. The number of ether oxygens (including phenoxy) is 7. The first kappa shape index (κ1) is 44.2. The third-order valence-electron chi connectivity index (χ3n) is 11.8. The fourth-order valence-electron chi connectivity index (χ4n) is 8.34. The van der Waals surface area contributed by atoms with E-state index in [4.69, 9.17) is 56.4 Å². The Morgan fingerprint density at radius 1 is 0.557 bits per heavy atom. The Morgan fingerprint density at radius 3 is 1.54 bits per heavy atom. The molecular formula is C46H52Cl2O13. The number of halogens is 2. The Labute approximate surface area is 364 Å². The van der Waals surface area contributed by atoms with Gasteiger partial charge >= 0.3 is 0 Å². The molecular weight excluding hydrogens is 831 g/mol. The van der Waals surface area contributed by atoms with Crippen LogP contribution in [0.25, 0.3) is 0 Å². The average Bonchev–Trinajstić information content (AvgIpc) is 3.99. The quantitative estimate of drug-likeness (QED) is 0.106. The molecule has 0 bridgehead atoms. The number of aliphatic hydroxyl groups is 6. The van der Waals surface area contributed by atoms with Gasteiger partial charge in [0.05, 0.1) is 39.6 Å². The van der Waals surface area contributed by atoms with Crippen molar-refractivity contribution < 1.29 is 63.8 Å². The molecule has 328 valence electrons. The molecule has 8 rings (SSSR count). The average molecular weight is 884 g/mol. The first-order chi connectivity index (χ1) is 29.5. The molecule has 0 radical (unpaired) electrons. The SMILES string of the molecule is OC[C@H]1O[C@@H](c2ccc(Cl)c(Cc3ccc(O[C@H]4CCOC4)cc3)c2)[C@H](OC[C@H]2O[C@@H](c3ccc(Cl)c(Cc4ccc(O[C@H]5CCOC5)cc4)c3)[C@H](O)[C@@H](O)[C@@H]2O)[C@@H](O)[C@@H]1O. The van der Waals surface area contributed by atoms with Crippen molar-refractivity contribution >= 4 is 23.2 Å². The predicted molar refractivity (Wildman–Crippen MR) is 223 cm³/mol. The van der Waals surface area contributed by atoms with Gasteiger partial charge in [0.2, 0.25) is 0 Å². The Kier molecular flexibility index (Phi) is 14.5. The van der Waals surface area contributed by atoms with Gasteiger partial charge in [0, 0.05) is 22.9 Å². The Morgan fingerprint density at radius 2 is 1.05 bits per heavy atom. The fraction of sp³-hybridized carbons (Fsp3) is 0.478. The lowest BCUT2D eigenvalue weighted by Gasteiger charge is -2.44. The van der Waals surface area contributed by atoms with Gasteiger partial charge in [-0.3, -0.25) is 0 Å². The molecule has 0 aliphatic carbocycles. The zero-order valence-corrected chi connectivity index (χ0v) is 34.9. The van der Waals surface area contributed by atoms with Gasteiger partial charge < -0.3 is 63.8 Å². The number of benzene rings is 4. The summed E-state index contributed by atoms with van der Waals surface area (Å²) in [4.78, 5) is 0. The van der Waals surface area contributed by atoms with E-state index in [1.807, 2.05) is 54.6 Å². The highest BCUT2D eigenvalue weighted by atomic mass is 35.5. The van der Waals surface area contributed by atoms with E-state index in [0.717, 1.165) is 46.6 Å². The van der Waals surface area contributed by atoms with Crippen LogP contribution in [0, 0.1) is 0 Å². The standard InChI is InChI=1S/C46H52Cl2O13/c47-35-11-5-27(19-29(35)17-25-1-7-31(8-2-25)58-33-13-15-55-22-33)44-43(54)41(52)40(51)38(61-44)24-57-46-42(53)39(50)37(21-49)60-45(46)28-6-12-36(48)30(20-28)18-26-3-9-32(10-4-26)59-34-14-16-56-23-34/h1-12,19-20,33-34,37-46,49-54H,13-18,21-24H2/t33-,34-,37+,38+,39+,40+,41-,42-,43+,44-,45-,46+/m0/s1. The molecule has 13 nitrogen and oxygen atoms in total. The van der Waals surface area contributed by atoms with E-state index in [1.54, 1.807) is 30.3 Å². The van der Waals surface area contributed by atoms with Gasteiger partial charge in [0.25, 0.3) is 0 Å². The van der Waals surface area contributed by atoms with E-state index in [0.29, 0.717) is 60.4 Å². The normalized spacial score (nSPS) is 31.6. The van der Waals surface area contributed by atoms with Crippen molar-refractivity contribution in [2.75, 3.05) is 39.6 Å². The van der Waals surface area contributed by atoms with E-state index >= 15 is 0 Å². The van der Waals surface area contributed by atoms with Crippen LogP contribution in [0.2, 0.25) is 10.0 Å². The summed E-state index contributed by atoms with van der Waals surface area (Å²) in [6.07, 6.45) is -10.7. The highest BCUT2D eigenvalue weighted by Crippen LogP contribution is 2.39. The van der Waals surface area contributed by atoms with Crippen LogP contribution < -0.4 is 9.47 Å². The summed E-state index contributed by atoms with van der Waals surface area (Å²) >= 11 is 13.3. The molecule has 0 spiro atoms. The van der Waals surface area contributed by atoms with E-state index in [-0.39, 0.29) is 18.8 Å². The molecule has 4 aliphatic rings. The van der Waals surface area contributed by atoms with Crippen LogP contribution in [0.5, 0.6) is 11.5 Å². The van der Waals surface area contributed by atoms with Crippen molar-refractivity contribution in [3.05, 3.63) is 128 Å². The summed E-state index contributed by atoms with van der Waals surface area (Å²) in [5.41, 5.74) is 4.53. The largest absolute Gasteiger partial charge is 0.488 e. The second-order valence-corrected chi connectivity index (χ2v) is 17.0. The first-order valence-electron chi connectivity index (χ1n) is 20.7. The molecule has 4 aromatic rings. The van der Waals surface area contributed by atoms with E-state index in [1.165, 1.54) is 0 Å². The van der Waals surface area contributed by atoms with Gasteiger partial charge in [-0.15, -0.1) is 0 Å². The molecule has 15 heteroatoms. The lowest BCUT2D eigenvalue weighted by molar-refractivity contribution is -0.269. The van der Waals surface area contributed by atoms with Crippen LogP contribution in [-0.2, 0) is 36.5 Å². The molecule has 4 heterocycles. The molecule has 0 saturated carbocycles. The lowest BCUT2D eigenvalue weighted by Crippen LogP contribution is -2.58. The van der Waals surface area contributed by atoms with Crippen LogP contribution in [0.4, 0.5) is 0 Å². The van der Waals surface area contributed by atoms with Crippen LogP contribution in [0.15, 0.2) is 84.9 Å². The second-order valence-electron chi connectivity index (χ2n) is 16.2. The van der Waals surface area contributed by atoms with E-state index in [2.05, 4.69) is 0 Å². The highest BCUT2D eigenvalue weighted by molar-refractivity contribution is 6.31. The molecule has 61 heavy (non-hydrogen) atoms. The first-order valence-corrected chi connectivity index (χ1v) is 21.5. The Bertz CT molecular complexity index is 2040. The van der Waals surface area contributed by atoms with Crippen molar-refractivity contribution in [3.8, 4) is 11.5 Å². The maximum Gasteiger partial charge on any atom is 0.124 e. The van der Waals surface area contributed by atoms with Gasteiger partial charge in [-0.1, -0.05) is 71.7 Å². The van der Waals surface area contributed by atoms with Crippen LogP contribution in [0.3, 0.4) is 0 Å². The van der Waals surface area contributed by atoms with E-state index in [9.17, 15) is 30.6 Å². The molecule has 4 aromatic carbocycles. The molecule has 4 saturated heterocycles. The number of hydrogen-bond donors (Lipinski definition) is 6. The molecule has 0 aromatic heterocycles. The van der Waals surface area contributed by atoms with Crippen molar-refractivity contribution in [3.63, 3.8) is 0 Å². The van der Waals surface area contributed by atoms with Gasteiger partial charge in [-0.2, -0.15) is 0 Å². The maximum absolute atomic E-state index is 11.4. The Balaban J connectivity index is 0.963. The molecule has 0 unspecified atom stereocenters. The predicted octanol–water partition coefficient (Wildman–Crippen LogP) is 4.27. The molecule has 4 aliphatic heterocycles. The summed E-state index contributed by atoms with van der Waals surface area (Å²) < 4.78 is 41.5. The van der Waals surface area contributed by atoms with Gasteiger partial charge in [-0.05, 0) is 82.6 Å². The minimum atomic E-state index is -1.62. The van der Waals surface area contributed by atoms with Gasteiger partial charge in [0.15, 0.2) is 0 Å². The van der Waals surface area contributed by atoms with Crippen LogP contribution in [-0.4, -0.2) is 131 Å².